The minimum absolute atomic E-state index is 0.000515. The maximum atomic E-state index is 13.6. The SMILES string of the molecule is C=C(S/C(C(=O)NCC(CCC)OCc1ccccc1)=C(\C)c1ccccc1)S(=O)(=O)c1ccccc1OC. The van der Waals surface area contributed by atoms with Gasteiger partial charge in [0.2, 0.25) is 9.84 Å². The normalized spacial score (nSPS) is 12.8. The summed E-state index contributed by atoms with van der Waals surface area (Å²) in [5, 5.41) is 2.97. The van der Waals surface area contributed by atoms with E-state index in [0.717, 1.165) is 35.7 Å². The van der Waals surface area contributed by atoms with E-state index in [2.05, 4.69) is 18.8 Å². The van der Waals surface area contributed by atoms with E-state index in [4.69, 9.17) is 9.47 Å². The molecule has 0 aromatic heterocycles. The molecule has 8 heteroatoms. The van der Waals surface area contributed by atoms with Crippen molar-refractivity contribution in [1.29, 1.82) is 0 Å². The molecular weight excluding hydrogens is 530 g/mol. The lowest BCUT2D eigenvalue weighted by molar-refractivity contribution is -0.117. The van der Waals surface area contributed by atoms with Gasteiger partial charge in [0.1, 0.15) is 14.9 Å². The van der Waals surface area contributed by atoms with Crippen LogP contribution in [0.15, 0.2) is 106 Å². The van der Waals surface area contributed by atoms with Crippen molar-refractivity contribution >= 4 is 33.1 Å². The Hall–Kier alpha value is -3.33. The van der Waals surface area contributed by atoms with Gasteiger partial charge in [-0.2, -0.15) is 0 Å². The lowest BCUT2D eigenvalue weighted by Crippen LogP contribution is -2.34. The second-order valence-electron chi connectivity index (χ2n) is 8.87. The number of sulfone groups is 1. The number of ether oxygens (including phenoxy) is 2. The van der Waals surface area contributed by atoms with Crippen LogP contribution in [0.3, 0.4) is 0 Å². The zero-order valence-corrected chi connectivity index (χ0v) is 24.2. The molecule has 3 rings (SSSR count). The maximum absolute atomic E-state index is 13.6. The van der Waals surface area contributed by atoms with Crippen LogP contribution in [0.1, 0.15) is 37.8 Å². The minimum atomic E-state index is -4.00. The molecule has 0 bridgehead atoms. The van der Waals surface area contributed by atoms with Crippen LogP contribution in [0, 0.1) is 0 Å². The Morgan fingerprint density at radius 1 is 0.974 bits per heavy atom. The molecular formula is C31H35NO5S2. The van der Waals surface area contributed by atoms with Gasteiger partial charge in [-0.05, 0) is 42.2 Å². The quantitative estimate of drug-likeness (QED) is 0.222. The molecule has 39 heavy (non-hydrogen) atoms. The average Bonchev–Trinajstić information content (AvgIpc) is 2.97. The maximum Gasteiger partial charge on any atom is 0.258 e. The number of para-hydroxylation sites is 1. The fourth-order valence-electron chi connectivity index (χ4n) is 3.89. The number of amides is 1. The highest BCUT2D eigenvalue weighted by Gasteiger charge is 2.27. The van der Waals surface area contributed by atoms with E-state index in [1.54, 1.807) is 25.1 Å². The van der Waals surface area contributed by atoms with Gasteiger partial charge in [0.15, 0.2) is 0 Å². The summed E-state index contributed by atoms with van der Waals surface area (Å²) in [6.07, 6.45) is 1.47. The first-order chi connectivity index (χ1) is 18.8. The Kier molecular flexibility index (Phi) is 11.4. The molecule has 0 aliphatic heterocycles. The first-order valence-corrected chi connectivity index (χ1v) is 15.0. The van der Waals surface area contributed by atoms with Crippen molar-refractivity contribution in [2.45, 2.75) is 44.3 Å². The summed E-state index contributed by atoms with van der Waals surface area (Å²) in [7, 11) is -2.59. The molecule has 1 N–H and O–H groups in total. The zero-order valence-electron chi connectivity index (χ0n) is 22.6. The van der Waals surface area contributed by atoms with Crippen molar-refractivity contribution in [3.63, 3.8) is 0 Å². The van der Waals surface area contributed by atoms with Crippen LogP contribution in [-0.4, -0.2) is 34.1 Å². The molecule has 0 saturated carbocycles. The number of hydrogen-bond donors (Lipinski definition) is 1. The molecule has 0 aliphatic rings. The van der Waals surface area contributed by atoms with E-state index in [-0.39, 0.29) is 38.3 Å². The van der Waals surface area contributed by atoms with Gasteiger partial charge in [0, 0.05) is 6.54 Å². The first-order valence-electron chi connectivity index (χ1n) is 12.7. The predicted octanol–water partition coefficient (Wildman–Crippen LogP) is 6.61. The van der Waals surface area contributed by atoms with Gasteiger partial charge in [-0.3, -0.25) is 4.79 Å². The summed E-state index contributed by atoms with van der Waals surface area (Å²) in [5.74, 6) is -0.172. The summed E-state index contributed by atoms with van der Waals surface area (Å²) in [4.78, 5) is 13.8. The largest absolute Gasteiger partial charge is 0.495 e. The molecule has 1 amide bonds. The lowest BCUT2D eigenvalue weighted by atomic mass is 10.1. The molecule has 0 aliphatic carbocycles. The Morgan fingerprint density at radius 3 is 2.23 bits per heavy atom. The van der Waals surface area contributed by atoms with E-state index < -0.39 is 9.84 Å². The summed E-state index contributed by atoms with van der Waals surface area (Å²) in [5.41, 5.74) is 2.51. The second-order valence-corrected chi connectivity index (χ2v) is 12.2. The van der Waals surface area contributed by atoms with Gasteiger partial charge in [0.25, 0.3) is 5.91 Å². The zero-order chi connectivity index (χ0) is 28.3. The Morgan fingerprint density at radius 2 is 1.59 bits per heavy atom. The van der Waals surface area contributed by atoms with Crippen molar-refractivity contribution in [1.82, 2.24) is 5.32 Å². The average molecular weight is 566 g/mol. The van der Waals surface area contributed by atoms with Crippen molar-refractivity contribution < 1.29 is 22.7 Å². The Labute approximate surface area is 236 Å². The number of nitrogens with one attached hydrogen (secondary N) is 1. The van der Waals surface area contributed by atoms with Crippen molar-refractivity contribution in [3.8, 4) is 5.75 Å². The highest BCUT2D eigenvalue weighted by molar-refractivity contribution is 8.21. The highest BCUT2D eigenvalue weighted by Crippen LogP contribution is 2.39. The summed E-state index contributed by atoms with van der Waals surface area (Å²) in [6.45, 7) is 8.44. The van der Waals surface area contributed by atoms with Crippen molar-refractivity contribution in [2.75, 3.05) is 13.7 Å². The lowest BCUT2D eigenvalue weighted by Gasteiger charge is -2.20. The van der Waals surface area contributed by atoms with E-state index in [1.807, 2.05) is 60.7 Å². The van der Waals surface area contributed by atoms with Crippen LogP contribution in [0.4, 0.5) is 0 Å². The number of allylic oxidation sites excluding steroid dienone is 1. The molecule has 3 aromatic rings. The molecule has 3 aromatic carbocycles. The number of benzene rings is 3. The van der Waals surface area contributed by atoms with Gasteiger partial charge in [-0.1, -0.05) is 104 Å². The van der Waals surface area contributed by atoms with E-state index in [9.17, 15) is 13.2 Å². The van der Waals surface area contributed by atoms with Crippen molar-refractivity contribution in [3.05, 3.63) is 112 Å². The standard InChI is InChI=1S/C31H35NO5S2/c1-5-14-27(37-22-25-15-8-6-9-16-25)21-32-31(33)30(23(2)26-17-10-7-11-18-26)38-24(3)39(34,35)29-20-13-12-19-28(29)36-4/h6-13,15-20,27H,3,5,14,21-22H2,1-2,4H3,(H,32,33)/b30-23+. The van der Waals surface area contributed by atoms with Crippen LogP contribution < -0.4 is 10.1 Å². The molecule has 206 valence electrons. The molecule has 0 spiro atoms. The third-order valence-corrected chi connectivity index (χ3v) is 9.40. The topological polar surface area (TPSA) is 81.7 Å². The van der Waals surface area contributed by atoms with E-state index in [1.165, 1.54) is 13.2 Å². The summed E-state index contributed by atoms with van der Waals surface area (Å²) in [6, 6.07) is 25.6. The van der Waals surface area contributed by atoms with Crippen LogP contribution >= 0.6 is 11.8 Å². The van der Waals surface area contributed by atoms with Gasteiger partial charge in [-0.15, -0.1) is 0 Å². The number of methoxy groups -OCH3 is 1. The third kappa shape index (κ3) is 8.33. The number of hydrogen-bond acceptors (Lipinski definition) is 6. The van der Waals surface area contributed by atoms with Gasteiger partial charge < -0.3 is 14.8 Å². The number of rotatable bonds is 14. The third-order valence-electron chi connectivity index (χ3n) is 6.06. The molecule has 1 unspecified atom stereocenters. The predicted molar refractivity (Wildman–Crippen MR) is 159 cm³/mol. The molecule has 0 radical (unpaired) electrons. The second kappa shape index (κ2) is 14.7. The molecule has 0 heterocycles. The van der Waals surface area contributed by atoms with Gasteiger partial charge in [-0.25, -0.2) is 8.42 Å². The summed E-state index contributed by atoms with van der Waals surface area (Å²) >= 11 is 0.841. The monoisotopic (exact) mass is 565 g/mol. The smallest absolute Gasteiger partial charge is 0.258 e. The minimum Gasteiger partial charge on any atom is -0.495 e. The number of carbonyl (C=O) groups is 1. The fourth-order valence-corrected chi connectivity index (χ4v) is 6.43. The summed E-state index contributed by atoms with van der Waals surface area (Å²) < 4.78 is 38.0. The molecule has 6 nitrogen and oxygen atoms in total. The van der Waals surface area contributed by atoms with Crippen LogP contribution in [0.5, 0.6) is 5.75 Å². The molecule has 0 fully saturated rings. The van der Waals surface area contributed by atoms with Crippen molar-refractivity contribution in [2.24, 2.45) is 0 Å². The van der Waals surface area contributed by atoms with E-state index >= 15 is 0 Å². The fraction of sp³-hybridized carbons (Fsp3) is 0.258. The van der Waals surface area contributed by atoms with E-state index in [0.29, 0.717) is 12.2 Å². The van der Waals surface area contributed by atoms with Gasteiger partial charge >= 0.3 is 0 Å². The highest BCUT2D eigenvalue weighted by atomic mass is 32.3. The Bertz CT molecular complexity index is 1390. The first kappa shape index (κ1) is 30.2. The van der Waals surface area contributed by atoms with Gasteiger partial charge in [0.05, 0.1) is 24.7 Å². The Balaban J connectivity index is 1.83. The van der Waals surface area contributed by atoms with Crippen LogP contribution in [-0.2, 0) is 26.0 Å². The number of thioether (sulfide) groups is 1. The van der Waals surface area contributed by atoms with Crippen LogP contribution in [0.2, 0.25) is 0 Å². The number of carbonyl (C=O) groups excluding carboxylic acids is 1. The van der Waals surface area contributed by atoms with Crippen LogP contribution in [0.25, 0.3) is 5.57 Å². The molecule has 0 saturated heterocycles. The molecule has 1 atom stereocenters.